The number of aromatic nitrogens is 3. The number of carbonyl (C=O) groups excluding carboxylic acids is 2. The summed E-state index contributed by atoms with van der Waals surface area (Å²) in [6.07, 6.45) is 0.733. The van der Waals surface area contributed by atoms with E-state index in [2.05, 4.69) is 15.4 Å². The number of amides is 2. The number of hydrogen-bond acceptors (Lipinski definition) is 9. The molecule has 26 heavy (non-hydrogen) atoms. The normalized spacial score (nSPS) is 15.2. The summed E-state index contributed by atoms with van der Waals surface area (Å²) < 4.78 is 5.77. The van der Waals surface area contributed by atoms with E-state index in [4.69, 9.17) is 10.3 Å². The van der Waals surface area contributed by atoms with Crippen molar-refractivity contribution >= 4 is 40.0 Å². The second kappa shape index (κ2) is 8.04. The van der Waals surface area contributed by atoms with Gasteiger partial charge in [-0.05, 0) is 20.3 Å². The Morgan fingerprint density at radius 3 is 2.58 bits per heavy atom. The maximum atomic E-state index is 12.7. The molecule has 0 radical (unpaired) electrons. The van der Waals surface area contributed by atoms with Gasteiger partial charge >= 0.3 is 0 Å². The number of nitrogen functional groups attached to an aromatic ring is 1. The SMILES string of the molecule is Cc1noc(C)c1C(=O)N1CCCN(C(=O)CSc2nnc(N)s2)CC1. The molecule has 2 N–H and O–H groups in total. The minimum absolute atomic E-state index is 0.0235. The zero-order valence-corrected chi connectivity index (χ0v) is 16.2. The fourth-order valence-electron chi connectivity index (χ4n) is 2.81. The minimum atomic E-state index is -0.0886. The fourth-order valence-corrected chi connectivity index (χ4v) is 4.35. The minimum Gasteiger partial charge on any atom is -0.374 e. The largest absolute Gasteiger partial charge is 0.374 e. The van der Waals surface area contributed by atoms with E-state index in [1.807, 2.05) is 0 Å². The molecule has 0 atom stereocenters. The molecule has 2 amide bonds. The maximum absolute atomic E-state index is 12.7. The van der Waals surface area contributed by atoms with Gasteiger partial charge in [0.2, 0.25) is 11.0 Å². The van der Waals surface area contributed by atoms with Crippen LogP contribution in [0.15, 0.2) is 8.86 Å². The van der Waals surface area contributed by atoms with Crippen LogP contribution in [0.1, 0.15) is 28.2 Å². The Morgan fingerprint density at radius 1 is 1.19 bits per heavy atom. The summed E-state index contributed by atoms with van der Waals surface area (Å²) in [6, 6.07) is 0. The summed E-state index contributed by atoms with van der Waals surface area (Å²) >= 11 is 2.60. The molecule has 1 aliphatic heterocycles. The summed E-state index contributed by atoms with van der Waals surface area (Å²) in [5.41, 5.74) is 6.66. The van der Waals surface area contributed by atoms with Crippen LogP contribution in [0.3, 0.4) is 0 Å². The highest BCUT2D eigenvalue weighted by atomic mass is 32.2. The molecule has 11 heteroatoms. The van der Waals surface area contributed by atoms with Gasteiger partial charge in [-0.25, -0.2) is 0 Å². The molecule has 0 saturated carbocycles. The Labute approximate surface area is 158 Å². The quantitative estimate of drug-likeness (QED) is 0.766. The molecular formula is C15H20N6O3S2. The first kappa shape index (κ1) is 18.6. The Hall–Kier alpha value is -2.14. The lowest BCUT2D eigenvalue weighted by Gasteiger charge is -2.22. The van der Waals surface area contributed by atoms with E-state index in [1.54, 1.807) is 23.6 Å². The van der Waals surface area contributed by atoms with Gasteiger partial charge in [0.1, 0.15) is 11.3 Å². The van der Waals surface area contributed by atoms with Gasteiger partial charge in [0.15, 0.2) is 4.34 Å². The molecule has 0 bridgehead atoms. The molecule has 0 spiro atoms. The third kappa shape index (κ3) is 4.15. The van der Waals surface area contributed by atoms with Crippen molar-refractivity contribution in [3.63, 3.8) is 0 Å². The molecular weight excluding hydrogens is 376 g/mol. The van der Waals surface area contributed by atoms with Crippen molar-refractivity contribution in [1.82, 2.24) is 25.2 Å². The van der Waals surface area contributed by atoms with Crippen molar-refractivity contribution in [2.45, 2.75) is 24.6 Å². The number of nitrogens with two attached hydrogens (primary N) is 1. The van der Waals surface area contributed by atoms with Gasteiger partial charge in [0.25, 0.3) is 5.91 Å². The van der Waals surface area contributed by atoms with Crippen LogP contribution in [-0.4, -0.2) is 68.9 Å². The highest BCUT2D eigenvalue weighted by Gasteiger charge is 2.26. The maximum Gasteiger partial charge on any atom is 0.259 e. The monoisotopic (exact) mass is 396 g/mol. The fraction of sp³-hybridized carbons (Fsp3) is 0.533. The Morgan fingerprint density at radius 2 is 1.92 bits per heavy atom. The van der Waals surface area contributed by atoms with E-state index >= 15 is 0 Å². The van der Waals surface area contributed by atoms with Crippen LogP contribution in [0.5, 0.6) is 0 Å². The van der Waals surface area contributed by atoms with E-state index in [1.165, 1.54) is 23.1 Å². The number of nitrogens with zero attached hydrogens (tertiary/aromatic N) is 5. The highest BCUT2D eigenvalue weighted by Crippen LogP contribution is 2.24. The number of aryl methyl sites for hydroxylation is 2. The molecule has 0 unspecified atom stereocenters. The molecule has 2 aromatic heterocycles. The number of anilines is 1. The molecule has 140 valence electrons. The van der Waals surface area contributed by atoms with Crippen LogP contribution in [-0.2, 0) is 4.79 Å². The smallest absolute Gasteiger partial charge is 0.259 e. The lowest BCUT2D eigenvalue weighted by atomic mass is 10.1. The number of carbonyl (C=O) groups is 2. The standard InChI is InChI=1S/C15H20N6O3S2/c1-9-12(10(2)24-19-9)13(23)21-5-3-4-20(6-7-21)11(22)8-25-15-18-17-14(16)26-15/h3-8H2,1-2H3,(H2,16,17). The molecule has 9 nitrogen and oxygen atoms in total. The molecule has 0 aromatic carbocycles. The summed E-state index contributed by atoms with van der Waals surface area (Å²) in [5, 5.41) is 11.9. The first-order chi connectivity index (χ1) is 12.5. The summed E-state index contributed by atoms with van der Waals surface area (Å²) in [6.45, 7) is 5.72. The van der Waals surface area contributed by atoms with Crippen LogP contribution < -0.4 is 5.73 Å². The summed E-state index contributed by atoms with van der Waals surface area (Å²) in [4.78, 5) is 28.7. The Kier molecular flexibility index (Phi) is 5.77. The number of thioether (sulfide) groups is 1. The topological polar surface area (TPSA) is 118 Å². The first-order valence-corrected chi connectivity index (χ1v) is 9.97. The summed E-state index contributed by atoms with van der Waals surface area (Å²) in [5.74, 6) is 0.744. The lowest BCUT2D eigenvalue weighted by Crippen LogP contribution is -2.38. The van der Waals surface area contributed by atoms with Crippen LogP contribution >= 0.6 is 23.1 Å². The highest BCUT2D eigenvalue weighted by molar-refractivity contribution is 8.01. The van der Waals surface area contributed by atoms with E-state index in [0.29, 0.717) is 52.7 Å². The zero-order chi connectivity index (χ0) is 18.7. The molecule has 1 fully saturated rings. The molecule has 1 aliphatic rings. The summed E-state index contributed by atoms with van der Waals surface area (Å²) in [7, 11) is 0. The molecule has 0 aliphatic carbocycles. The van der Waals surface area contributed by atoms with E-state index in [-0.39, 0.29) is 17.6 Å². The van der Waals surface area contributed by atoms with Gasteiger partial charge in [0.05, 0.1) is 11.4 Å². The van der Waals surface area contributed by atoms with Gasteiger partial charge in [0, 0.05) is 26.2 Å². The second-order valence-electron chi connectivity index (χ2n) is 5.92. The van der Waals surface area contributed by atoms with E-state index < -0.39 is 0 Å². The van der Waals surface area contributed by atoms with Gasteiger partial charge in [-0.2, -0.15) is 0 Å². The van der Waals surface area contributed by atoms with Crippen LogP contribution in [0.25, 0.3) is 0 Å². The van der Waals surface area contributed by atoms with Crippen molar-refractivity contribution in [3.05, 3.63) is 17.0 Å². The first-order valence-electron chi connectivity index (χ1n) is 8.17. The van der Waals surface area contributed by atoms with Crippen molar-refractivity contribution < 1.29 is 14.1 Å². The van der Waals surface area contributed by atoms with Gasteiger partial charge in [-0.1, -0.05) is 28.3 Å². The average molecular weight is 396 g/mol. The Balaban J connectivity index is 1.56. The average Bonchev–Trinajstić information content (AvgIpc) is 3.07. The van der Waals surface area contributed by atoms with Gasteiger partial charge < -0.3 is 20.1 Å². The number of hydrogen-bond donors (Lipinski definition) is 1. The third-order valence-electron chi connectivity index (χ3n) is 4.12. The van der Waals surface area contributed by atoms with Gasteiger partial charge in [-0.15, -0.1) is 10.2 Å². The van der Waals surface area contributed by atoms with Crippen molar-refractivity contribution in [2.75, 3.05) is 37.7 Å². The van der Waals surface area contributed by atoms with Crippen molar-refractivity contribution in [3.8, 4) is 0 Å². The lowest BCUT2D eigenvalue weighted by molar-refractivity contribution is -0.128. The predicted octanol–water partition coefficient (Wildman–Crippen LogP) is 1.19. The van der Waals surface area contributed by atoms with E-state index in [9.17, 15) is 9.59 Å². The van der Waals surface area contributed by atoms with Crippen LogP contribution in [0.2, 0.25) is 0 Å². The molecule has 3 rings (SSSR count). The van der Waals surface area contributed by atoms with Crippen LogP contribution in [0, 0.1) is 13.8 Å². The van der Waals surface area contributed by atoms with Crippen molar-refractivity contribution in [1.29, 1.82) is 0 Å². The number of rotatable bonds is 4. The van der Waals surface area contributed by atoms with E-state index in [0.717, 1.165) is 6.42 Å². The van der Waals surface area contributed by atoms with Crippen LogP contribution in [0.4, 0.5) is 5.13 Å². The predicted molar refractivity (Wildman–Crippen MR) is 98.1 cm³/mol. The molecule has 3 heterocycles. The second-order valence-corrected chi connectivity index (χ2v) is 8.15. The van der Waals surface area contributed by atoms with Crippen molar-refractivity contribution in [2.24, 2.45) is 0 Å². The zero-order valence-electron chi connectivity index (χ0n) is 14.6. The third-order valence-corrected chi connectivity index (χ3v) is 5.99. The molecule has 2 aromatic rings. The molecule has 1 saturated heterocycles. The van der Waals surface area contributed by atoms with Gasteiger partial charge in [-0.3, -0.25) is 9.59 Å². The Bertz CT molecular complexity index is 786.